The Morgan fingerprint density at radius 3 is 2.29 bits per heavy atom. The zero-order valence-electron chi connectivity index (χ0n) is 13.8. The van der Waals surface area contributed by atoms with Crippen molar-refractivity contribution in [2.24, 2.45) is 23.2 Å². The average molecular weight is 293 g/mol. The highest BCUT2D eigenvalue weighted by molar-refractivity contribution is 5.74. The van der Waals surface area contributed by atoms with Gasteiger partial charge < -0.3 is 5.11 Å². The monoisotopic (exact) mass is 293 g/mol. The highest BCUT2D eigenvalue weighted by atomic mass is 16.4. The molecule has 0 aromatic carbocycles. The summed E-state index contributed by atoms with van der Waals surface area (Å²) in [5.41, 5.74) is 0.401. The third-order valence-electron chi connectivity index (χ3n) is 6.57. The van der Waals surface area contributed by atoms with E-state index in [0.29, 0.717) is 23.3 Å². The van der Waals surface area contributed by atoms with E-state index in [1.54, 1.807) is 0 Å². The number of hydrogen-bond acceptors (Lipinski definition) is 2. The smallest absolute Gasteiger partial charge is 0.321 e. The first kappa shape index (κ1) is 15.3. The molecule has 0 aromatic heterocycles. The summed E-state index contributed by atoms with van der Waals surface area (Å²) in [7, 11) is 0. The maximum Gasteiger partial charge on any atom is 0.321 e. The number of hydrogen-bond donors (Lipinski definition) is 1. The van der Waals surface area contributed by atoms with Crippen molar-refractivity contribution >= 4 is 5.97 Å². The largest absolute Gasteiger partial charge is 0.480 e. The van der Waals surface area contributed by atoms with Crippen LogP contribution in [0.15, 0.2) is 0 Å². The Balaban J connectivity index is 1.66. The predicted octanol–water partition coefficient (Wildman–Crippen LogP) is 3.78. The molecule has 3 unspecified atom stereocenters. The van der Waals surface area contributed by atoms with Gasteiger partial charge in [-0.15, -0.1) is 0 Å². The lowest BCUT2D eigenvalue weighted by Gasteiger charge is -2.41. The van der Waals surface area contributed by atoms with Crippen molar-refractivity contribution in [3.05, 3.63) is 0 Å². The summed E-state index contributed by atoms with van der Waals surface area (Å²) in [5.74, 6) is 1.33. The molecule has 1 heterocycles. The Morgan fingerprint density at radius 1 is 1.05 bits per heavy atom. The van der Waals surface area contributed by atoms with Crippen LogP contribution in [0, 0.1) is 23.2 Å². The number of carboxylic acids is 1. The molecule has 21 heavy (non-hydrogen) atoms. The van der Waals surface area contributed by atoms with Crippen LogP contribution in [0.5, 0.6) is 0 Å². The summed E-state index contributed by atoms with van der Waals surface area (Å²) < 4.78 is 0. The van der Waals surface area contributed by atoms with Crippen LogP contribution in [-0.4, -0.2) is 34.6 Å². The van der Waals surface area contributed by atoms with E-state index in [1.807, 2.05) is 0 Å². The van der Waals surface area contributed by atoms with E-state index in [1.165, 1.54) is 38.5 Å². The van der Waals surface area contributed by atoms with Gasteiger partial charge in [0.25, 0.3) is 0 Å². The lowest BCUT2D eigenvalue weighted by Crippen LogP contribution is -2.47. The molecule has 3 heteroatoms. The zero-order chi connectivity index (χ0) is 15.2. The topological polar surface area (TPSA) is 40.5 Å². The molecule has 3 atom stereocenters. The zero-order valence-corrected chi connectivity index (χ0v) is 13.8. The molecule has 3 aliphatic rings. The standard InChI is InChI=1S/C18H31NO2/c1-18(2,3)13-7-9-14(10-8-13)19-11-12-5-4-6-15(12)16(19)17(20)21/h12-16H,4-11H2,1-3H3,(H,20,21). The fraction of sp³-hybridized carbons (Fsp3) is 0.944. The van der Waals surface area contributed by atoms with Gasteiger partial charge in [-0.3, -0.25) is 9.69 Å². The molecule has 3 nitrogen and oxygen atoms in total. The summed E-state index contributed by atoms with van der Waals surface area (Å²) in [6.45, 7) is 8.08. The van der Waals surface area contributed by atoms with Crippen molar-refractivity contribution in [1.82, 2.24) is 4.90 Å². The normalized spacial score (nSPS) is 41.2. The second-order valence-corrected chi connectivity index (χ2v) is 8.71. The Morgan fingerprint density at radius 2 is 1.71 bits per heavy atom. The summed E-state index contributed by atoms with van der Waals surface area (Å²) in [4.78, 5) is 14.2. The molecule has 2 saturated carbocycles. The first-order valence-electron chi connectivity index (χ1n) is 8.86. The minimum absolute atomic E-state index is 0.186. The fourth-order valence-corrected chi connectivity index (χ4v) is 5.31. The molecule has 0 radical (unpaired) electrons. The third kappa shape index (κ3) is 2.86. The van der Waals surface area contributed by atoms with E-state index < -0.39 is 5.97 Å². The van der Waals surface area contributed by atoms with E-state index in [9.17, 15) is 9.90 Å². The van der Waals surface area contributed by atoms with E-state index in [2.05, 4.69) is 25.7 Å². The Labute approximate surface area is 129 Å². The van der Waals surface area contributed by atoms with Crippen molar-refractivity contribution in [2.45, 2.75) is 77.8 Å². The number of carbonyl (C=O) groups is 1. The van der Waals surface area contributed by atoms with Crippen LogP contribution in [0.1, 0.15) is 65.7 Å². The predicted molar refractivity (Wildman–Crippen MR) is 84.2 cm³/mol. The average Bonchev–Trinajstić information content (AvgIpc) is 2.96. The van der Waals surface area contributed by atoms with Crippen LogP contribution in [-0.2, 0) is 4.79 Å². The minimum atomic E-state index is -0.567. The van der Waals surface area contributed by atoms with Crippen molar-refractivity contribution in [2.75, 3.05) is 6.54 Å². The molecule has 120 valence electrons. The van der Waals surface area contributed by atoms with Gasteiger partial charge in [-0.1, -0.05) is 27.2 Å². The van der Waals surface area contributed by atoms with Crippen molar-refractivity contribution in [1.29, 1.82) is 0 Å². The molecule has 0 amide bonds. The van der Waals surface area contributed by atoms with E-state index >= 15 is 0 Å². The summed E-state index contributed by atoms with van der Waals surface area (Å²) in [6.07, 6.45) is 8.57. The second kappa shape index (κ2) is 5.57. The van der Waals surface area contributed by atoms with Crippen LogP contribution in [0.3, 0.4) is 0 Å². The molecular formula is C18H31NO2. The number of nitrogens with zero attached hydrogens (tertiary/aromatic N) is 1. The molecule has 2 aliphatic carbocycles. The molecule has 0 spiro atoms. The quantitative estimate of drug-likeness (QED) is 0.842. The lowest BCUT2D eigenvalue weighted by molar-refractivity contribution is -0.144. The van der Waals surface area contributed by atoms with Gasteiger partial charge in [0.1, 0.15) is 6.04 Å². The first-order valence-corrected chi connectivity index (χ1v) is 8.86. The summed E-state index contributed by atoms with van der Waals surface area (Å²) in [5, 5.41) is 9.70. The number of aliphatic carboxylic acids is 1. The van der Waals surface area contributed by atoms with Crippen molar-refractivity contribution < 1.29 is 9.90 Å². The first-order chi connectivity index (χ1) is 9.88. The van der Waals surface area contributed by atoms with Crippen LogP contribution in [0.2, 0.25) is 0 Å². The third-order valence-corrected chi connectivity index (χ3v) is 6.57. The summed E-state index contributed by atoms with van der Waals surface area (Å²) >= 11 is 0. The molecule has 3 rings (SSSR count). The van der Waals surface area contributed by atoms with E-state index in [-0.39, 0.29) is 6.04 Å². The number of likely N-dealkylation sites (tertiary alicyclic amines) is 1. The van der Waals surface area contributed by atoms with Crippen molar-refractivity contribution in [3.8, 4) is 0 Å². The number of fused-ring (bicyclic) bond motifs is 1. The van der Waals surface area contributed by atoms with Crippen LogP contribution in [0.25, 0.3) is 0 Å². The molecule has 0 aromatic rings. The highest BCUT2D eigenvalue weighted by Gasteiger charge is 2.50. The molecule has 1 saturated heterocycles. The molecular weight excluding hydrogens is 262 g/mol. The van der Waals surface area contributed by atoms with Gasteiger partial charge in [-0.25, -0.2) is 0 Å². The van der Waals surface area contributed by atoms with Gasteiger partial charge in [0.15, 0.2) is 0 Å². The summed E-state index contributed by atoms with van der Waals surface area (Å²) in [6, 6.07) is 0.337. The maximum absolute atomic E-state index is 11.8. The lowest BCUT2D eigenvalue weighted by atomic mass is 9.71. The molecule has 1 N–H and O–H groups in total. The number of carboxylic acid groups (broad SMARTS) is 1. The van der Waals surface area contributed by atoms with Crippen LogP contribution in [0.4, 0.5) is 0 Å². The fourth-order valence-electron chi connectivity index (χ4n) is 5.31. The SMILES string of the molecule is CC(C)(C)C1CCC(N2CC3CCCC3C2C(=O)O)CC1. The van der Waals surface area contributed by atoms with Crippen LogP contribution >= 0.6 is 0 Å². The highest BCUT2D eigenvalue weighted by Crippen LogP contribution is 2.46. The Kier molecular flexibility index (Phi) is 4.06. The van der Waals surface area contributed by atoms with Crippen LogP contribution < -0.4 is 0 Å². The van der Waals surface area contributed by atoms with Gasteiger partial charge in [0, 0.05) is 12.6 Å². The van der Waals surface area contributed by atoms with E-state index in [4.69, 9.17) is 0 Å². The van der Waals surface area contributed by atoms with Gasteiger partial charge in [0.05, 0.1) is 0 Å². The Hall–Kier alpha value is -0.570. The van der Waals surface area contributed by atoms with Gasteiger partial charge in [-0.05, 0) is 61.7 Å². The van der Waals surface area contributed by atoms with Crippen molar-refractivity contribution in [3.63, 3.8) is 0 Å². The Bertz CT molecular complexity index is 393. The van der Waals surface area contributed by atoms with Gasteiger partial charge in [-0.2, -0.15) is 0 Å². The number of rotatable bonds is 2. The second-order valence-electron chi connectivity index (χ2n) is 8.71. The maximum atomic E-state index is 11.8. The van der Waals surface area contributed by atoms with Gasteiger partial charge in [0.2, 0.25) is 0 Å². The molecule has 1 aliphatic heterocycles. The molecule has 0 bridgehead atoms. The van der Waals surface area contributed by atoms with E-state index in [0.717, 1.165) is 18.9 Å². The molecule has 3 fully saturated rings. The minimum Gasteiger partial charge on any atom is -0.480 e. The van der Waals surface area contributed by atoms with Gasteiger partial charge >= 0.3 is 5.97 Å².